The highest BCUT2D eigenvalue weighted by molar-refractivity contribution is 6.13. The summed E-state index contributed by atoms with van der Waals surface area (Å²) in [7, 11) is 0. The molecule has 16 heteroatoms. The topological polar surface area (TPSA) is 216 Å². The van der Waals surface area contributed by atoms with Crippen LogP contribution in [-0.2, 0) is 45.1 Å². The summed E-state index contributed by atoms with van der Waals surface area (Å²) >= 11 is 0. The summed E-state index contributed by atoms with van der Waals surface area (Å²) in [6.07, 6.45) is 18.0. The van der Waals surface area contributed by atoms with E-state index in [1.54, 1.807) is 26.0 Å². The summed E-state index contributed by atoms with van der Waals surface area (Å²) < 4.78 is 16.5. The normalized spacial score (nSPS) is 11.1. The highest BCUT2D eigenvalue weighted by atomic mass is 16.5. The summed E-state index contributed by atoms with van der Waals surface area (Å²) in [5.41, 5.74) is 16.4. The number of aromatic nitrogens is 4. The standard InChI is InChI=1S/C51H60N8O8/c1-3-66-48(62)34-58-32-40(17-19-46(58)60)54-50(64)38-16-12-15-37(27-38)39-26-36(14-10-8-6-5-7-9-11-22-52)30-57(31-39)42-28-44(43-21-25-56(24-13-23-53)45(43)29-42)51(65)55-41-18-20-47(61)59(33-41)35-49(63)67-4-2/h12,15-21,25-33H,3-11,13-14,22-24,34-35,52-53H2,1-2H3,(H-,54,55,64,65)/p+1. The number of anilines is 2. The molecule has 6 rings (SSSR count). The number of benzene rings is 2. The molecule has 2 aromatic carbocycles. The second-order valence-electron chi connectivity index (χ2n) is 16.3. The number of pyridine rings is 3. The maximum atomic E-state index is 14.3. The van der Waals surface area contributed by atoms with Crippen LogP contribution in [0.5, 0.6) is 0 Å². The van der Waals surface area contributed by atoms with E-state index >= 15 is 0 Å². The van der Waals surface area contributed by atoms with E-state index in [0.717, 1.165) is 85.4 Å². The van der Waals surface area contributed by atoms with Crippen molar-refractivity contribution in [1.82, 2.24) is 13.7 Å². The molecule has 67 heavy (non-hydrogen) atoms. The molecule has 352 valence electrons. The number of esters is 2. The number of nitrogens with one attached hydrogen (secondary N) is 2. The molecule has 0 aliphatic heterocycles. The molecule has 16 nitrogen and oxygen atoms in total. The first-order valence-electron chi connectivity index (χ1n) is 23.0. The Morgan fingerprint density at radius 2 is 1.24 bits per heavy atom. The van der Waals surface area contributed by atoms with Gasteiger partial charge in [0.2, 0.25) is 5.69 Å². The van der Waals surface area contributed by atoms with E-state index in [1.807, 2.05) is 47.3 Å². The van der Waals surface area contributed by atoms with Gasteiger partial charge < -0.3 is 45.3 Å². The number of hydrogen-bond acceptors (Lipinski definition) is 10. The van der Waals surface area contributed by atoms with Crippen LogP contribution in [0.3, 0.4) is 0 Å². The minimum absolute atomic E-state index is 0.172. The van der Waals surface area contributed by atoms with Crippen molar-refractivity contribution in [2.24, 2.45) is 11.5 Å². The third kappa shape index (κ3) is 13.7. The van der Waals surface area contributed by atoms with Crippen molar-refractivity contribution in [2.75, 3.05) is 36.9 Å². The van der Waals surface area contributed by atoms with E-state index in [-0.39, 0.29) is 26.3 Å². The minimum Gasteiger partial charge on any atom is -0.465 e. The van der Waals surface area contributed by atoms with Gasteiger partial charge in [-0.3, -0.25) is 28.8 Å². The summed E-state index contributed by atoms with van der Waals surface area (Å²) in [4.78, 5) is 77.5. The molecule has 0 radical (unpaired) electrons. The highest BCUT2D eigenvalue weighted by Gasteiger charge is 2.22. The molecule has 0 fully saturated rings. The number of ether oxygens (including phenoxy) is 2. The number of unbranched alkanes of at least 4 members (excludes halogenated alkanes) is 6. The summed E-state index contributed by atoms with van der Waals surface area (Å²) in [5, 5.41) is 6.51. The van der Waals surface area contributed by atoms with Crippen molar-refractivity contribution >= 4 is 46.0 Å². The number of carbonyl (C=O) groups is 4. The Morgan fingerprint density at radius 1 is 0.627 bits per heavy atom. The Bertz CT molecular complexity index is 2810. The molecule has 6 N–H and O–H groups in total. The van der Waals surface area contributed by atoms with Crippen molar-refractivity contribution in [2.45, 2.75) is 91.3 Å². The lowest BCUT2D eigenvalue weighted by atomic mass is 10.00. The number of nitrogens with zero attached hydrogens (tertiary/aromatic N) is 4. The number of fused-ring (bicyclic) bond motifs is 1. The zero-order valence-corrected chi connectivity index (χ0v) is 38.3. The first kappa shape index (κ1) is 49.3. The fourth-order valence-electron chi connectivity index (χ4n) is 7.91. The van der Waals surface area contributed by atoms with Gasteiger partial charge in [0.15, 0.2) is 12.4 Å². The average molecular weight is 914 g/mol. The van der Waals surface area contributed by atoms with E-state index in [4.69, 9.17) is 20.9 Å². The Morgan fingerprint density at radius 3 is 1.87 bits per heavy atom. The minimum atomic E-state index is -0.568. The van der Waals surface area contributed by atoms with Gasteiger partial charge in [-0.2, -0.15) is 4.57 Å². The number of hydrogen-bond donors (Lipinski definition) is 4. The van der Waals surface area contributed by atoms with Crippen LogP contribution < -0.4 is 37.8 Å². The molecule has 0 atom stereocenters. The largest absolute Gasteiger partial charge is 0.465 e. The smallest absolute Gasteiger partial charge is 0.326 e. The highest BCUT2D eigenvalue weighted by Crippen LogP contribution is 2.27. The van der Waals surface area contributed by atoms with Crippen molar-refractivity contribution < 1.29 is 33.2 Å². The van der Waals surface area contributed by atoms with Crippen LogP contribution in [0.25, 0.3) is 27.7 Å². The second kappa shape index (κ2) is 24.4. The maximum absolute atomic E-state index is 14.3. The van der Waals surface area contributed by atoms with Gasteiger partial charge in [0.05, 0.1) is 35.7 Å². The predicted octanol–water partition coefficient (Wildman–Crippen LogP) is 6.12. The Balaban J connectivity index is 1.36. The molecule has 0 unspecified atom stereocenters. The average Bonchev–Trinajstić information content (AvgIpc) is 3.73. The molecule has 0 spiro atoms. The van der Waals surface area contributed by atoms with Crippen LogP contribution >= 0.6 is 0 Å². The SMILES string of the molecule is CCOC(=O)Cn1cc(NC(=O)c2cccc(-c3cc(CCCCCCCCCN)c[n+](-c4cc(C(=O)Nc5ccc(=O)n(CC(=O)OCC)c5)c5ccn(CCCN)c5c4)c3)c2)ccc1=O. The zero-order chi connectivity index (χ0) is 47.7. The molecule has 0 aliphatic carbocycles. The Kier molecular flexibility index (Phi) is 17.9. The van der Waals surface area contributed by atoms with Crippen LogP contribution in [0.15, 0.2) is 113 Å². The zero-order valence-electron chi connectivity index (χ0n) is 38.3. The molecule has 0 aliphatic rings. The van der Waals surface area contributed by atoms with Gasteiger partial charge in [-0.15, -0.1) is 0 Å². The van der Waals surface area contributed by atoms with Crippen molar-refractivity contribution in [3.05, 3.63) is 141 Å². The van der Waals surface area contributed by atoms with Gasteiger partial charge >= 0.3 is 11.9 Å². The summed E-state index contributed by atoms with van der Waals surface area (Å²) in [6.45, 7) is 4.97. The fourth-order valence-corrected chi connectivity index (χ4v) is 7.91. The van der Waals surface area contributed by atoms with Crippen LogP contribution in [0.4, 0.5) is 11.4 Å². The molecule has 0 bridgehead atoms. The molecular formula is C51H61N8O8+. The summed E-state index contributed by atoms with van der Waals surface area (Å²) in [6, 6.07) is 20.7. The van der Waals surface area contributed by atoms with Crippen LogP contribution in [0.2, 0.25) is 0 Å². The molecule has 2 amide bonds. The summed E-state index contributed by atoms with van der Waals surface area (Å²) in [5.74, 6) is -1.95. The van der Waals surface area contributed by atoms with Gasteiger partial charge in [0.25, 0.3) is 22.9 Å². The van der Waals surface area contributed by atoms with Crippen molar-refractivity contribution in [3.63, 3.8) is 0 Å². The van der Waals surface area contributed by atoms with E-state index in [0.29, 0.717) is 47.8 Å². The Labute approximate surface area is 389 Å². The molecule has 6 aromatic rings. The predicted molar refractivity (Wildman–Crippen MR) is 258 cm³/mol. The number of carbonyl (C=O) groups excluding carboxylic acids is 4. The molecule has 0 saturated carbocycles. The first-order chi connectivity index (χ1) is 32.5. The lowest BCUT2D eigenvalue weighted by Crippen LogP contribution is -2.31. The molecule has 0 saturated heterocycles. The Hall–Kier alpha value is -7.17. The molecule has 4 heterocycles. The van der Waals surface area contributed by atoms with Crippen molar-refractivity contribution in [1.29, 1.82) is 0 Å². The van der Waals surface area contributed by atoms with Crippen LogP contribution in [0, 0.1) is 0 Å². The van der Waals surface area contributed by atoms with E-state index < -0.39 is 34.9 Å². The van der Waals surface area contributed by atoms with Crippen LogP contribution in [0.1, 0.15) is 91.5 Å². The van der Waals surface area contributed by atoms with E-state index in [9.17, 15) is 28.8 Å². The van der Waals surface area contributed by atoms with E-state index in [2.05, 4.69) is 27.5 Å². The number of nitrogens with two attached hydrogens (primary N) is 2. The second-order valence-corrected chi connectivity index (χ2v) is 16.3. The van der Waals surface area contributed by atoms with E-state index in [1.165, 1.54) is 45.8 Å². The first-order valence-corrected chi connectivity index (χ1v) is 23.0. The van der Waals surface area contributed by atoms with Gasteiger partial charge in [0, 0.05) is 71.5 Å². The van der Waals surface area contributed by atoms with Gasteiger partial charge in [0.1, 0.15) is 13.1 Å². The van der Waals surface area contributed by atoms with Crippen molar-refractivity contribution in [3.8, 4) is 16.8 Å². The van der Waals surface area contributed by atoms with Gasteiger partial charge in [-0.25, -0.2) is 0 Å². The third-order valence-electron chi connectivity index (χ3n) is 11.3. The molecule has 4 aromatic heterocycles. The number of aryl methyl sites for hydroxylation is 2. The third-order valence-corrected chi connectivity index (χ3v) is 11.3. The quantitative estimate of drug-likeness (QED) is 0.0310. The lowest BCUT2D eigenvalue weighted by molar-refractivity contribution is -0.595. The molecular weight excluding hydrogens is 853 g/mol. The monoisotopic (exact) mass is 913 g/mol. The maximum Gasteiger partial charge on any atom is 0.326 e. The number of rotatable bonds is 24. The lowest BCUT2D eigenvalue weighted by Gasteiger charge is -2.12. The van der Waals surface area contributed by atoms with Crippen LogP contribution in [-0.4, -0.2) is 63.8 Å². The number of amides is 2. The fraction of sp³-hybridized carbons (Fsp3) is 0.353. The van der Waals surface area contributed by atoms with Gasteiger partial charge in [-0.1, -0.05) is 44.2 Å². The van der Waals surface area contributed by atoms with Gasteiger partial charge in [-0.05, 0) is 94.6 Å².